The molecular weight excluding hydrogens is 567 g/mol. The van der Waals surface area contributed by atoms with Gasteiger partial charge in [-0.1, -0.05) is 155 Å². The van der Waals surface area contributed by atoms with Gasteiger partial charge in [-0.05, 0) is 91.7 Å². The molecular formula is C46H39N. The molecule has 0 heterocycles. The van der Waals surface area contributed by atoms with Crippen LogP contribution >= 0.6 is 0 Å². The Bertz CT molecular complexity index is 2220. The van der Waals surface area contributed by atoms with Gasteiger partial charge in [0.1, 0.15) is 0 Å². The summed E-state index contributed by atoms with van der Waals surface area (Å²) in [7, 11) is 0. The van der Waals surface area contributed by atoms with Gasteiger partial charge in [-0.15, -0.1) is 0 Å². The summed E-state index contributed by atoms with van der Waals surface area (Å²) in [5.41, 5.74) is 13.7. The quantitative estimate of drug-likeness (QED) is 0.182. The van der Waals surface area contributed by atoms with Crippen molar-refractivity contribution in [3.8, 4) is 22.3 Å². The molecule has 7 aromatic carbocycles. The van der Waals surface area contributed by atoms with Crippen LogP contribution in [0.3, 0.4) is 0 Å². The molecule has 0 saturated heterocycles. The highest BCUT2D eigenvalue weighted by atomic mass is 15.1. The van der Waals surface area contributed by atoms with Crippen molar-refractivity contribution < 1.29 is 0 Å². The van der Waals surface area contributed by atoms with E-state index in [-0.39, 0.29) is 10.8 Å². The average Bonchev–Trinajstić information content (AvgIpc) is 3.35. The van der Waals surface area contributed by atoms with E-state index < -0.39 is 0 Å². The second-order valence-electron chi connectivity index (χ2n) is 13.9. The number of hydrogen-bond donors (Lipinski definition) is 0. The Hall–Kier alpha value is -5.40. The Morgan fingerprint density at radius 1 is 0.426 bits per heavy atom. The third-order valence-corrected chi connectivity index (χ3v) is 10.4. The molecule has 1 nitrogen and oxygen atoms in total. The molecule has 0 bridgehead atoms. The SMILES string of the molecule is CC(C)(c1ccc(N(c2ccc(-c3ccccc3)cc2)c2ccc3c(c2)C(C)(C)c2ccccc2-3)cc1)c1ccc2ccccc2c1. The highest BCUT2D eigenvalue weighted by Gasteiger charge is 2.35. The molecule has 0 N–H and O–H groups in total. The van der Waals surface area contributed by atoms with Crippen LogP contribution in [0.5, 0.6) is 0 Å². The molecule has 228 valence electrons. The third kappa shape index (κ3) is 4.95. The van der Waals surface area contributed by atoms with E-state index in [2.05, 4.69) is 196 Å². The van der Waals surface area contributed by atoms with Gasteiger partial charge in [-0.3, -0.25) is 0 Å². The first kappa shape index (κ1) is 29.0. The van der Waals surface area contributed by atoms with Crippen LogP contribution in [0.2, 0.25) is 0 Å². The van der Waals surface area contributed by atoms with Crippen molar-refractivity contribution in [1.82, 2.24) is 0 Å². The number of rotatable bonds is 6. The van der Waals surface area contributed by atoms with Gasteiger partial charge in [-0.25, -0.2) is 0 Å². The standard InChI is InChI=1S/C46H39N/c1-45(2,37-21-18-33-14-8-9-15-35(33)30-37)36-22-26-39(27-23-36)47(38-24-19-34(20-25-38)32-12-6-5-7-13-32)40-28-29-42-41-16-10-11-17-43(41)46(3,4)44(42)31-40/h5-31H,1-4H3. The van der Waals surface area contributed by atoms with E-state index in [1.54, 1.807) is 0 Å². The predicted molar refractivity (Wildman–Crippen MR) is 200 cm³/mol. The lowest BCUT2D eigenvalue weighted by Gasteiger charge is -2.30. The van der Waals surface area contributed by atoms with E-state index in [0.29, 0.717) is 0 Å². The van der Waals surface area contributed by atoms with Crippen LogP contribution in [0.15, 0.2) is 164 Å². The zero-order valence-electron chi connectivity index (χ0n) is 27.5. The fourth-order valence-corrected chi connectivity index (χ4v) is 7.48. The number of benzene rings is 7. The summed E-state index contributed by atoms with van der Waals surface area (Å²) in [6.45, 7) is 9.35. The van der Waals surface area contributed by atoms with Crippen molar-refractivity contribution in [1.29, 1.82) is 0 Å². The number of hydrogen-bond acceptors (Lipinski definition) is 1. The van der Waals surface area contributed by atoms with Crippen LogP contribution in [0.4, 0.5) is 17.1 Å². The fraction of sp³-hybridized carbons (Fsp3) is 0.130. The third-order valence-electron chi connectivity index (χ3n) is 10.4. The van der Waals surface area contributed by atoms with Gasteiger partial charge in [0.05, 0.1) is 0 Å². The lowest BCUT2D eigenvalue weighted by Crippen LogP contribution is -2.19. The minimum Gasteiger partial charge on any atom is -0.310 e. The molecule has 1 aliphatic rings. The van der Waals surface area contributed by atoms with Gasteiger partial charge in [-0.2, -0.15) is 0 Å². The van der Waals surface area contributed by atoms with Crippen molar-refractivity contribution >= 4 is 27.8 Å². The minimum atomic E-state index is -0.145. The van der Waals surface area contributed by atoms with E-state index in [1.165, 1.54) is 61.0 Å². The van der Waals surface area contributed by atoms with E-state index in [9.17, 15) is 0 Å². The summed E-state index contributed by atoms with van der Waals surface area (Å²) in [5, 5.41) is 2.55. The summed E-state index contributed by atoms with van der Waals surface area (Å²) >= 11 is 0. The molecule has 0 radical (unpaired) electrons. The van der Waals surface area contributed by atoms with Crippen LogP contribution in [0.25, 0.3) is 33.0 Å². The summed E-state index contributed by atoms with van der Waals surface area (Å²) in [6, 6.07) is 60.1. The van der Waals surface area contributed by atoms with Gasteiger partial charge in [0.15, 0.2) is 0 Å². The monoisotopic (exact) mass is 605 g/mol. The maximum Gasteiger partial charge on any atom is 0.0465 e. The zero-order valence-corrected chi connectivity index (χ0v) is 27.5. The highest BCUT2D eigenvalue weighted by Crippen LogP contribution is 2.50. The molecule has 0 aromatic heterocycles. The molecule has 1 heteroatoms. The normalized spacial score (nSPS) is 13.3. The number of anilines is 3. The molecule has 0 saturated carbocycles. The summed E-state index contributed by atoms with van der Waals surface area (Å²) < 4.78 is 0. The van der Waals surface area contributed by atoms with Gasteiger partial charge in [0.2, 0.25) is 0 Å². The lowest BCUT2D eigenvalue weighted by atomic mass is 9.77. The van der Waals surface area contributed by atoms with Crippen molar-refractivity contribution in [2.75, 3.05) is 4.90 Å². The van der Waals surface area contributed by atoms with E-state index >= 15 is 0 Å². The molecule has 0 aliphatic heterocycles. The average molecular weight is 606 g/mol. The van der Waals surface area contributed by atoms with Crippen LogP contribution in [0, 0.1) is 0 Å². The maximum absolute atomic E-state index is 2.41. The van der Waals surface area contributed by atoms with Gasteiger partial charge >= 0.3 is 0 Å². The van der Waals surface area contributed by atoms with E-state index in [0.717, 1.165) is 11.4 Å². The van der Waals surface area contributed by atoms with Gasteiger partial charge in [0, 0.05) is 27.9 Å². The van der Waals surface area contributed by atoms with Crippen LogP contribution in [-0.4, -0.2) is 0 Å². The molecule has 0 spiro atoms. The van der Waals surface area contributed by atoms with Crippen LogP contribution in [0.1, 0.15) is 49.9 Å². The molecule has 47 heavy (non-hydrogen) atoms. The van der Waals surface area contributed by atoms with Gasteiger partial charge in [0.25, 0.3) is 0 Å². The fourth-order valence-electron chi connectivity index (χ4n) is 7.48. The Balaban J connectivity index is 1.21. The second-order valence-corrected chi connectivity index (χ2v) is 13.9. The molecule has 7 aromatic rings. The number of nitrogens with zero attached hydrogens (tertiary/aromatic N) is 1. The van der Waals surface area contributed by atoms with Crippen molar-refractivity contribution in [2.24, 2.45) is 0 Å². The molecule has 8 rings (SSSR count). The molecule has 0 fully saturated rings. The first-order valence-electron chi connectivity index (χ1n) is 16.6. The zero-order chi connectivity index (χ0) is 32.2. The van der Waals surface area contributed by atoms with Crippen LogP contribution in [-0.2, 0) is 10.8 Å². The molecule has 1 aliphatic carbocycles. The lowest BCUT2D eigenvalue weighted by molar-refractivity contribution is 0.642. The Labute approximate surface area is 278 Å². The smallest absolute Gasteiger partial charge is 0.0465 e. The Kier molecular flexibility index (Phi) is 6.88. The number of fused-ring (bicyclic) bond motifs is 4. The summed E-state index contributed by atoms with van der Waals surface area (Å²) in [5.74, 6) is 0. The van der Waals surface area contributed by atoms with Gasteiger partial charge < -0.3 is 4.90 Å². The summed E-state index contributed by atoms with van der Waals surface area (Å²) in [6.07, 6.45) is 0. The first-order chi connectivity index (χ1) is 22.8. The largest absolute Gasteiger partial charge is 0.310 e. The minimum absolute atomic E-state index is 0.0709. The second kappa shape index (κ2) is 11.1. The van der Waals surface area contributed by atoms with Crippen molar-refractivity contribution in [2.45, 2.75) is 38.5 Å². The van der Waals surface area contributed by atoms with E-state index in [4.69, 9.17) is 0 Å². The highest BCUT2D eigenvalue weighted by molar-refractivity contribution is 5.86. The summed E-state index contributed by atoms with van der Waals surface area (Å²) in [4.78, 5) is 2.40. The van der Waals surface area contributed by atoms with E-state index in [1.807, 2.05) is 0 Å². The molecule has 0 amide bonds. The van der Waals surface area contributed by atoms with Crippen LogP contribution < -0.4 is 4.90 Å². The van der Waals surface area contributed by atoms with Crippen molar-refractivity contribution in [3.05, 3.63) is 186 Å². The Morgan fingerprint density at radius 2 is 0.979 bits per heavy atom. The molecule has 0 unspecified atom stereocenters. The van der Waals surface area contributed by atoms with Crippen molar-refractivity contribution in [3.63, 3.8) is 0 Å². The maximum atomic E-state index is 2.41. The Morgan fingerprint density at radius 3 is 1.72 bits per heavy atom. The topological polar surface area (TPSA) is 3.24 Å². The first-order valence-corrected chi connectivity index (χ1v) is 16.6. The molecule has 0 atom stereocenters. The predicted octanol–water partition coefficient (Wildman–Crippen LogP) is 12.6.